The van der Waals surface area contributed by atoms with Crippen molar-refractivity contribution in [2.75, 3.05) is 27.7 Å². The van der Waals surface area contributed by atoms with Crippen LogP contribution >= 0.6 is 0 Å². The van der Waals surface area contributed by atoms with Gasteiger partial charge in [-0.3, -0.25) is 0 Å². The van der Waals surface area contributed by atoms with E-state index in [0.29, 0.717) is 13.0 Å². The summed E-state index contributed by atoms with van der Waals surface area (Å²) in [6, 6.07) is 18.1. The maximum atomic E-state index is 11.6. The summed E-state index contributed by atoms with van der Waals surface area (Å²) in [5, 5.41) is 11.6. The first-order valence-electron chi connectivity index (χ1n) is 9.68. The van der Waals surface area contributed by atoms with Gasteiger partial charge < -0.3 is 19.5 Å². The maximum absolute atomic E-state index is 11.6. The summed E-state index contributed by atoms with van der Waals surface area (Å²) in [7, 11) is 5.77. The van der Waals surface area contributed by atoms with Crippen LogP contribution in [0.4, 0.5) is 0 Å². The zero-order chi connectivity index (χ0) is 19.3. The molecule has 0 unspecified atom stereocenters. The predicted molar refractivity (Wildman–Crippen MR) is 108 cm³/mol. The van der Waals surface area contributed by atoms with Crippen LogP contribution in [0.15, 0.2) is 54.6 Å². The molecule has 0 aliphatic heterocycles. The van der Waals surface area contributed by atoms with Gasteiger partial charge in [0.2, 0.25) is 0 Å². The Morgan fingerprint density at radius 1 is 1.11 bits per heavy atom. The van der Waals surface area contributed by atoms with Crippen LogP contribution in [0, 0.1) is 5.92 Å². The van der Waals surface area contributed by atoms with Crippen molar-refractivity contribution in [3.63, 3.8) is 0 Å². The third kappa shape index (κ3) is 4.89. The molecule has 2 aromatic rings. The number of nitrogens with zero attached hydrogens (tertiary/aromatic N) is 1. The number of hydrogen-bond acceptors (Lipinski definition) is 4. The van der Waals surface area contributed by atoms with Crippen molar-refractivity contribution >= 4 is 0 Å². The largest absolute Gasteiger partial charge is 0.497 e. The molecule has 0 spiro atoms. The lowest BCUT2D eigenvalue weighted by atomic mass is 9.70. The minimum absolute atomic E-state index is 0.106. The van der Waals surface area contributed by atoms with E-state index in [1.807, 2.05) is 42.5 Å². The van der Waals surface area contributed by atoms with E-state index < -0.39 is 5.60 Å². The first-order valence-corrected chi connectivity index (χ1v) is 9.68. The number of rotatable bonds is 7. The van der Waals surface area contributed by atoms with E-state index in [-0.39, 0.29) is 12.0 Å². The monoisotopic (exact) mass is 369 g/mol. The van der Waals surface area contributed by atoms with E-state index in [0.717, 1.165) is 30.7 Å². The van der Waals surface area contributed by atoms with Crippen LogP contribution in [-0.2, 0) is 16.9 Å². The molecule has 1 aliphatic carbocycles. The van der Waals surface area contributed by atoms with Gasteiger partial charge in [-0.25, -0.2) is 0 Å². The summed E-state index contributed by atoms with van der Waals surface area (Å²) >= 11 is 0. The molecule has 4 heteroatoms. The highest BCUT2D eigenvalue weighted by atomic mass is 16.5. The van der Waals surface area contributed by atoms with Gasteiger partial charge in [0.25, 0.3) is 0 Å². The van der Waals surface area contributed by atoms with Gasteiger partial charge in [0.05, 0.1) is 25.4 Å². The SMILES string of the molecule is COc1cccc([C@]2(O)CC[C@@H](OCc3ccccc3)C[C@H]2CN(C)C)c1. The second kappa shape index (κ2) is 8.87. The Hall–Kier alpha value is -1.88. The van der Waals surface area contributed by atoms with Gasteiger partial charge in [0, 0.05) is 12.5 Å². The number of aliphatic hydroxyl groups is 1. The Morgan fingerprint density at radius 2 is 1.89 bits per heavy atom. The van der Waals surface area contributed by atoms with Gasteiger partial charge in [-0.05, 0) is 56.6 Å². The Kier molecular flexibility index (Phi) is 6.53. The Bertz CT molecular complexity index is 719. The van der Waals surface area contributed by atoms with Crippen LogP contribution in [0.2, 0.25) is 0 Å². The van der Waals surface area contributed by atoms with Crippen molar-refractivity contribution in [3.8, 4) is 5.75 Å². The van der Waals surface area contributed by atoms with E-state index in [1.165, 1.54) is 5.56 Å². The summed E-state index contributed by atoms with van der Waals surface area (Å²) in [6.07, 6.45) is 2.56. The van der Waals surface area contributed by atoms with Crippen LogP contribution in [-0.4, -0.2) is 43.9 Å². The molecular formula is C23H31NO3. The molecule has 3 rings (SSSR count). The zero-order valence-electron chi connectivity index (χ0n) is 16.6. The molecule has 1 aliphatic rings. The third-order valence-corrected chi connectivity index (χ3v) is 5.55. The van der Waals surface area contributed by atoms with Crippen molar-refractivity contribution in [2.45, 2.75) is 37.6 Å². The molecule has 2 aromatic carbocycles. The maximum Gasteiger partial charge on any atom is 0.119 e. The molecule has 0 radical (unpaired) electrons. The second-order valence-electron chi connectivity index (χ2n) is 7.81. The molecule has 0 saturated heterocycles. The third-order valence-electron chi connectivity index (χ3n) is 5.55. The highest BCUT2D eigenvalue weighted by molar-refractivity contribution is 5.33. The van der Waals surface area contributed by atoms with Crippen molar-refractivity contribution in [2.24, 2.45) is 5.92 Å². The Morgan fingerprint density at radius 3 is 2.59 bits per heavy atom. The van der Waals surface area contributed by atoms with E-state index in [4.69, 9.17) is 9.47 Å². The Balaban J connectivity index is 1.74. The number of methoxy groups -OCH3 is 1. The molecule has 0 bridgehead atoms. The van der Waals surface area contributed by atoms with Crippen LogP contribution in [0.1, 0.15) is 30.4 Å². The lowest BCUT2D eigenvalue weighted by Gasteiger charge is -2.44. The smallest absolute Gasteiger partial charge is 0.119 e. The summed E-state index contributed by atoms with van der Waals surface area (Å²) in [4.78, 5) is 2.15. The summed E-state index contributed by atoms with van der Waals surface area (Å²) in [5.74, 6) is 0.890. The summed E-state index contributed by atoms with van der Waals surface area (Å²) < 4.78 is 11.6. The minimum Gasteiger partial charge on any atom is -0.497 e. The zero-order valence-corrected chi connectivity index (χ0v) is 16.6. The lowest BCUT2D eigenvalue weighted by molar-refractivity contribution is -0.110. The molecular weight excluding hydrogens is 338 g/mol. The van der Waals surface area contributed by atoms with E-state index >= 15 is 0 Å². The topological polar surface area (TPSA) is 41.9 Å². The standard InChI is InChI=1S/C23H31NO3/c1-24(2)16-20-15-22(27-17-18-8-5-4-6-9-18)12-13-23(20,25)19-10-7-11-21(14-19)26-3/h4-11,14,20,22,25H,12-13,15-17H2,1-3H3/t20-,22+,23+/m0/s1. The molecule has 0 heterocycles. The average Bonchev–Trinajstić information content (AvgIpc) is 2.69. The van der Waals surface area contributed by atoms with Crippen LogP contribution in [0.3, 0.4) is 0 Å². The van der Waals surface area contributed by atoms with Crippen LogP contribution < -0.4 is 4.74 Å². The van der Waals surface area contributed by atoms with E-state index in [2.05, 4.69) is 31.1 Å². The quantitative estimate of drug-likeness (QED) is 0.805. The normalized spacial score (nSPS) is 25.5. The fourth-order valence-electron chi connectivity index (χ4n) is 4.09. The lowest BCUT2D eigenvalue weighted by Crippen LogP contribution is -2.46. The molecule has 1 saturated carbocycles. The van der Waals surface area contributed by atoms with Gasteiger partial charge in [-0.2, -0.15) is 0 Å². The molecule has 1 fully saturated rings. The molecule has 146 valence electrons. The number of hydrogen-bond donors (Lipinski definition) is 1. The van der Waals surface area contributed by atoms with Crippen molar-refractivity contribution < 1.29 is 14.6 Å². The summed E-state index contributed by atoms with van der Waals surface area (Å²) in [5.41, 5.74) is 1.27. The molecule has 1 N–H and O–H groups in total. The Labute approximate surface area is 162 Å². The number of ether oxygens (including phenoxy) is 2. The fourth-order valence-corrected chi connectivity index (χ4v) is 4.09. The van der Waals surface area contributed by atoms with Crippen molar-refractivity contribution in [3.05, 3.63) is 65.7 Å². The number of benzene rings is 2. The van der Waals surface area contributed by atoms with Crippen molar-refractivity contribution in [1.82, 2.24) is 4.90 Å². The molecule has 0 aromatic heterocycles. The highest BCUT2D eigenvalue weighted by Crippen LogP contribution is 2.43. The van der Waals surface area contributed by atoms with Gasteiger partial charge in [-0.15, -0.1) is 0 Å². The predicted octanol–water partition coefficient (Wildman–Crippen LogP) is 3.83. The van der Waals surface area contributed by atoms with Crippen molar-refractivity contribution in [1.29, 1.82) is 0 Å². The van der Waals surface area contributed by atoms with Crippen LogP contribution in [0.25, 0.3) is 0 Å². The molecule has 27 heavy (non-hydrogen) atoms. The average molecular weight is 370 g/mol. The van der Waals surface area contributed by atoms with Crippen LogP contribution in [0.5, 0.6) is 5.75 Å². The van der Waals surface area contributed by atoms with Gasteiger partial charge in [0.1, 0.15) is 5.75 Å². The van der Waals surface area contributed by atoms with E-state index in [1.54, 1.807) is 7.11 Å². The van der Waals surface area contributed by atoms with Gasteiger partial charge in [-0.1, -0.05) is 42.5 Å². The molecule has 4 nitrogen and oxygen atoms in total. The van der Waals surface area contributed by atoms with E-state index in [9.17, 15) is 5.11 Å². The first-order chi connectivity index (χ1) is 13.0. The van der Waals surface area contributed by atoms with Gasteiger partial charge in [0.15, 0.2) is 0 Å². The second-order valence-corrected chi connectivity index (χ2v) is 7.81. The highest BCUT2D eigenvalue weighted by Gasteiger charge is 2.44. The fraction of sp³-hybridized carbons (Fsp3) is 0.478. The summed E-state index contributed by atoms with van der Waals surface area (Å²) in [6.45, 7) is 1.44. The molecule has 0 amide bonds. The first kappa shape index (κ1) is 19.9. The minimum atomic E-state index is -0.856. The molecule has 3 atom stereocenters. The van der Waals surface area contributed by atoms with Gasteiger partial charge >= 0.3 is 0 Å².